The molecule has 112 valence electrons. The van der Waals surface area contributed by atoms with Crippen LogP contribution in [-0.2, 0) is 12.8 Å². The number of rotatable bonds is 4. The van der Waals surface area contributed by atoms with E-state index in [1.807, 2.05) is 6.92 Å². The van der Waals surface area contributed by atoms with E-state index in [0.29, 0.717) is 11.4 Å². The van der Waals surface area contributed by atoms with Gasteiger partial charge < -0.3 is 9.84 Å². The molecule has 2 aromatic rings. The van der Waals surface area contributed by atoms with Gasteiger partial charge in [0.2, 0.25) is 0 Å². The molecule has 0 saturated carbocycles. The first-order chi connectivity index (χ1) is 9.89. The SMILES string of the molecule is CCc1cnccc1C(=O)Nc1cc(CC(C)(C)C)on1. The molecule has 0 unspecified atom stereocenters. The first-order valence-electron chi connectivity index (χ1n) is 7.09. The summed E-state index contributed by atoms with van der Waals surface area (Å²) in [6, 6.07) is 3.49. The molecule has 21 heavy (non-hydrogen) atoms. The predicted octanol–water partition coefficient (Wildman–Crippen LogP) is 3.47. The summed E-state index contributed by atoms with van der Waals surface area (Å²) in [5.41, 5.74) is 1.64. The van der Waals surface area contributed by atoms with Crippen LogP contribution in [0, 0.1) is 5.41 Å². The van der Waals surface area contributed by atoms with E-state index in [9.17, 15) is 4.79 Å². The second-order valence-electron chi connectivity index (χ2n) is 6.26. The number of carbonyl (C=O) groups is 1. The Labute approximate surface area is 124 Å². The summed E-state index contributed by atoms with van der Waals surface area (Å²) in [5, 5.41) is 6.67. The maximum absolute atomic E-state index is 12.3. The summed E-state index contributed by atoms with van der Waals surface area (Å²) in [7, 11) is 0. The van der Waals surface area contributed by atoms with E-state index in [4.69, 9.17) is 4.52 Å². The van der Waals surface area contributed by atoms with Gasteiger partial charge in [-0.25, -0.2) is 0 Å². The molecule has 0 bridgehead atoms. The Bertz CT molecular complexity index is 626. The van der Waals surface area contributed by atoms with Crippen molar-refractivity contribution in [3.63, 3.8) is 0 Å². The molecule has 0 radical (unpaired) electrons. The molecule has 0 aliphatic carbocycles. The first kappa shape index (κ1) is 15.2. The number of amides is 1. The van der Waals surface area contributed by atoms with E-state index < -0.39 is 0 Å². The van der Waals surface area contributed by atoms with E-state index in [1.165, 1.54) is 0 Å². The van der Waals surface area contributed by atoms with Crippen molar-refractivity contribution in [3.05, 3.63) is 41.4 Å². The van der Waals surface area contributed by atoms with Crippen molar-refractivity contribution in [1.82, 2.24) is 10.1 Å². The van der Waals surface area contributed by atoms with Gasteiger partial charge in [0.1, 0.15) is 5.76 Å². The van der Waals surface area contributed by atoms with E-state index in [-0.39, 0.29) is 11.3 Å². The summed E-state index contributed by atoms with van der Waals surface area (Å²) in [5.74, 6) is 1.02. The fourth-order valence-electron chi connectivity index (χ4n) is 2.09. The number of hydrogen-bond acceptors (Lipinski definition) is 4. The minimum Gasteiger partial charge on any atom is -0.359 e. The van der Waals surface area contributed by atoms with Gasteiger partial charge in [-0.15, -0.1) is 0 Å². The molecule has 0 atom stereocenters. The number of pyridine rings is 1. The Morgan fingerprint density at radius 2 is 2.14 bits per heavy atom. The van der Waals surface area contributed by atoms with Crippen LogP contribution < -0.4 is 5.32 Å². The second-order valence-corrected chi connectivity index (χ2v) is 6.26. The van der Waals surface area contributed by atoms with Gasteiger partial charge in [-0.2, -0.15) is 0 Å². The highest BCUT2D eigenvalue weighted by atomic mass is 16.5. The second kappa shape index (κ2) is 6.08. The number of aromatic nitrogens is 2. The zero-order valence-electron chi connectivity index (χ0n) is 12.9. The van der Waals surface area contributed by atoms with E-state index in [1.54, 1.807) is 24.5 Å². The largest absolute Gasteiger partial charge is 0.359 e. The van der Waals surface area contributed by atoms with Crippen LogP contribution in [0.3, 0.4) is 0 Å². The van der Waals surface area contributed by atoms with Gasteiger partial charge >= 0.3 is 0 Å². The topological polar surface area (TPSA) is 68.0 Å². The molecule has 1 amide bonds. The highest BCUT2D eigenvalue weighted by Gasteiger charge is 2.17. The molecule has 0 aliphatic heterocycles. The lowest BCUT2D eigenvalue weighted by Gasteiger charge is -2.14. The Morgan fingerprint density at radius 1 is 1.38 bits per heavy atom. The van der Waals surface area contributed by atoms with Gasteiger partial charge in [0.05, 0.1) is 0 Å². The minimum atomic E-state index is -0.190. The average Bonchev–Trinajstić information content (AvgIpc) is 2.83. The standard InChI is InChI=1S/C16H21N3O2/c1-5-11-10-17-7-6-13(11)15(20)18-14-8-12(21-19-14)9-16(2,3)4/h6-8,10H,5,9H2,1-4H3,(H,18,19,20). The smallest absolute Gasteiger partial charge is 0.257 e. The first-order valence-corrected chi connectivity index (χ1v) is 7.09. The van der Waals surface area contributed by atoms with Crippen LogP contribution >= 0.6 is 0 Å². The van der Waals surface area contributed by atoms with Crippen LogP contribution in [0.25, 0.3) is 0 Å². The fourth-order valence-corrected chi connectivity index (χ4v) is 2.09. The van der Waals surface area contributed by atoms with Crippen molar-refractivity contribution in [2.75, 3.05) is 5.32 Å². The highest BCUT2D eigenvalue weighted by molar-refractivity contribution is 6.04. The van der Waals surface area contributed by atoms with Crippen LogP contribution in [0.2, 0.25) is 0 Å². The van der Waals surface area contributed by atoms with Gasteiger partial charge in [0.25, 0.3) is 5.91 Å². The zero-order chi connectivity index (χ0) is 15.5. The van der Waals surface area contributed by atoms with Crippen LogP contribution in [-0.4, -0.2) is 16.0 Å². The molecule has 0 aromatic carbocycles. The highest BCUT2D eigenvalue weighted by Crippen LogP contribution is 2.22. The Morgan fingerprint density at radius 3 is 2.81 bits per heavy atom. The molecule has 2 rings (SSSR count). The molecule has 0 fully saturated rings. The molecule has 2 aromatic heterocycles. The summed E-state index contributed by atoms with van der Waals surface area (Å²) >= 11 is 0. The third kappa shape index (κ3) is 4.15. The monoisotopic (exact) mass is 287 g/mol. The molecule has 0 aliphatic rings. The average molecular weight is 287 g/mol. The molecular formula is C16H21N3O2. The Hall–Kier alpha value is -2.17. The summed E-state index contributed by atoms with van der Waals surface area (Å²) in [6.45, 7) is 8.36. The van der Waals surface area contributed by atoms with Gasteiger partial charge in [-0.05, 0) is 23.5 Å². The van der Waals surface area contributed by atoms with Crippen LogP contribution in [0.5, 0.6) is 0 Å². The zero-order valence-corrected chi connectivity index (χ0v) is 12.9. The fraction of sp³-hybridized carbons (Fsp3) is 0.438. The van der Waals surface area contributed by atoms with E-state index >= 15 is 0 Å². The lowest BCUT2D eigenvalue weighted by Crippen LogP contribution is -2.14. The van der Waals surface area contributed by atoms with Gasteiger partial charge in [-0.3, -0.25) is 9.78 Å². The van der Waals surface area contributed by atoms with Crippen LogP contribution in [0.15, 0.2) is 29.0 Å². The van der Waals surface area contributed by atoms with Crippen molar-refractivity contribution >= 4 is 11.7 Å². The molecular weight excluding hydrogens is 266 g/mol. The number of aryl methyl sites for hydroxylation is 1. The molecule has 0 saturated heterocycles. The van der Waals surface area contributed by atoms with Crippen molar-refractivity contribution in [2.24, 2.45) is 5.41 Å². The van der Waals surface area contributed by atoms with Crippen LogP contribution in [0.1, 0.15) is 49.4 Å². The third-order valence-corrected chi connectivity index (χ3v) is 3.03. The predicted molar refractivity (Wildman–Crippen MR) is 81.2 cm³/mol. The van der Waals surface area contributed by atoms with E-state index in [2.05, 4.69) is 36.2 Å². The van der Waals surface area contributed by atoms with Crippen LogP contribution in [0.4, 0.5) is 5.82 Å². The molecule has 5 heteroatoms. The lowest BCUT2D eigenvalue weighted by molar-refractivity contribution is 0.102. The molecule has 2 heterocycles. The van der Waals surface area contributed by atoms with Crippen molar-refractivity contribution in [2.45, 2.75) is 40.5 Å². The number of nitrogens with one attached hydrogen (secondary N) is 1. The van der Waals surface area contributed by atoms with Crippen molar-refractivity contribution < 1.29 is 9.32 Å². The molecule has 5 nitrogen and oxygen atoms in total. The summed E-state index contributed by atoms with van der Waals surface area (Å²) in [6.07, 6.45) is 4.85. The quantitative estimate of drug-likeness (QED) is 0.934. The Balaban J connectivity index is 2.10. The van der Waals surface area contributed by atoms with Gasteiger partial charge in [-0.1, -0.05) is 32.9 Å². The van der Waals surface area contributed by atoms with Gasteiger partial charge in [0.15, 0.2) is 5.82 Å². The van der Waals surface area contributed by atoms with E-state index in [0.717, 1.165) is 24.2 Å². The van der Waals surface area contributed by atoms with Gasteiger partial charge in [0, 0.05) is 30.4 Å². The third-order valence-electron chi connectivity index (χ3n) is 3.03. The number of nitrogens with zero attached hydrogens (tertiary/aromatic N) is 2. The van der Waals surface area contributed by atoms with Crippen molar-refractivity contribution in [1.29, 1.82) is 0 Å². The van der Waals surface area contributed by atoms with Crippen molar-refractivity contribution in [3.8, 4) is 0 Å². The number of carbonyl (C=O) groups excluding carboxylic acids is 1. The maximum Gasteiger partial charge on any atom is 0.257 e. The molecule has 1 N–H and O–H groups in total. The Kier molecular flexibility index (Phi) is 4.40. The summed E-state index contributed by atoms with van der Waals surface area (Å²) in [4.78, 5) is 16.3. The minimum absolute atomic E-state index is 0.112. The lowest BCUT2D eigenvalue weighted by atomic mass is 9.91. The number of anilines is 1. The normalized spacial score (nSPS) is 11.4. The summed E-state index contributed by atoms with van der Waals surface area (Å²) < 4.78 is 5.26. The maximum atomic E-state index is 12.3. The molecule has 0 spiro atoms. The number of hydrogen-bond donors (Lipinski definition) is 1.